The number of ether oxygens (including phenoxy) is 2. The number of aryl methyl sites for hydroxylation is 1. The number of amidine groups is 2. The Morgan fingerprint density at radius 2 is 1.51 bits per heavy atom. The van der Waals surface area contributed by atoms with Crippen LogP contribution in [-0.2, 0) is 17.6 Å². The van der Waals surface area contributed by atoms with Crippen LogP contribution in [0.15, 0.2) is 210 Å². The summed E-state index contributed by atoms with van der Waals surface area (Å²) in [6.07, 6.45) is 35.6. The van der Waals surface area contributed by atoms with Crippen molar-refractivity contribution in [2.45, 2.75) is 100 Å². The Hall–Kier alpha value is -8.35. The van der Waals surface area contributed by atoms with E-state index in [-0.39, 0.29) is 5.84 Å². The quantitative estimate of drug-likeness (QED) is 0.0748. The number of aliphatic imine (C=N–C) groups is 2. The maximum Gasteiger partial charge on any atom is 0.161 e. The van der Waals surface area contributed by atoms with E-state index in [1.807, 2.05) is 59.9 Å². The number of nitrogens with zero attached hydrogens (tertiary/aromatic N) is 3. The molecule has 12 rings (SSSR count). The molecule has 7 aromatic carbocycles. The molecule has 0 atom stereocenters. The van der Waals surface area contributed by atoms with E-state index in [9.17, 15) is 0 Å². The lowest BCUT2D eigenvalue weighted by Crippen LogP contribution is -2.06. The third-order valence-corrected chi connectivity index (χ3v) is 13.3. The molecule has 4 aliphatic rings. The second-order valence-electron chi connectivity index (χ2n) is 18.4. The molecule has 0 spiro atoms. The van der Waals surface area contributed by atoms with Crippen LogP contribution < -0.4 is 4.74 Å². The highest BCUT2D eigenvalue weighted by atomic mass is 16.5. The van der Waals surface area contributed by atoms with Crippen molar-refractivity contribution in [1.29, 1.82) is 5.41 Å². The Balaban J connectivity index is 0.000000315. The average Bonchev–Trinajstić information content (AvgIpc) is 4.19. The fourth-order valence-corrected chi connectivity index (χ4v) is 9.76. The predicted octanol–water partition coefficient (Wildman–Crippen LogP) is 19.6. The third-order valence-electron chi connectivity index (χ3n) is 13.3. The largest absolute Gasteiger partial charge is 0.501 e. The number of nitrogens with one attached hydrogen (secondary N) is 1. The molecule has 2 aliphatic carbocycles. The molecule has 392 valence electrons. The number of hydrogen-bond acceptors (Lipinski definition) is 3. The van der Waals surface area contributed by atoms with Crippen LogP contribution in [0.25, 0.3) is 61.2 Å². The van der Waals surface area contributed by atoms with E-state index in [2.05, 4.69) is 195 Å². The van der Waals surface area contributed by atoms with E-state index >= 15 is 0 Å². The molecule has 0 unspecified atom stereocenters. The van der Waals surface area contributed by atoms with Crippen molar-refractivity contribution in [3.8, 4) is 11.4 Å². The molecule has 1 N–H and O–H groups in total. The van der Waals surface area contributed by atoms with Gasteiger partial charge in [-0.25, -0.2) is 9.98 Å². The highest BCUT2D eigenvalue weighted by Crippen LogP contribution is 2.44. The molecule has 0 saturated heterocycles. The SMILES string of the molecule is C1=COCC1.C=C/C=C(\C)C1=CC=CCCC1.CC.CC.CC.Cc1ccc2cc(CC(=N)N=C(N=Cc3ccc4c(c3)C=CCC=C4)c3ccc(-n4c5cccc6ccc7c8c(cc4c7c65)CC=CO8)cc3)ccc2c1. The molecule has 0 bridgehead atoms. The predicted molar refractivity (Wildman–Crippen MR) is 335 cm³/mol. The van der Waals surface area contributed by atoms with Crippen molar-refractivity contribution in [1.82, 2.24) is 4.57 Å². The number of hydrogen-bond donors (Lipinski definition) is 1. The van der Waals surface area contributed by atoms with E-state index < -0.39 is 0 Å². The second kappa shape index (κ2) is 28.5. The molecule has 6 heteroatoms. The third kappa shape index (κ3) is 13.9. The summed E-state index contributed by atoms with van der Waals surface area (Å²) in [5, 5.41) is 16.2. The summed E-state index contributed by atoms with van der Waals surface area (Å²) in [5.41, 5.74) is 13.8. The number of benzene rings is 7. The summed E-state index contributed by atoms with van der Waals surface area (Å²) in [6.45, 7) is 20.8. The number of allylic oxidation sites excluding steroid dienone is 10. The minimum atomic E-state index is 0.252. The Labute approximate surface area is 458 Å². The van der Waals surface area contributed by atoms with Gasteiger partial charge < -0.3 is 14.0 Å². The molecule has 0 saturated carbocycles. The first kappa shape index (κ1) is 56.4. The average molecular weight is 1020 g/mol. The van der Waals surface area contributed by atoms with E-state index in [1.54, 1.807) is 12.5 Å². The summed E-state index contributed by atoms with van der Waals surface area (Å²) in [5.74, 6) is 1.70. The van der Waals surface area contributed by atoms with Crippen molar-refractivity contribution >= 4 is 73.4 Å². The summed E-state index contributed by atoms with van der Waals surface area (Å²) in [7, 11) is 0. The normalized spacial score (nSPS) is 14.2. The molecule has 77 heavy (non-hydrogen) atoms. The lowest BCUT2D eigenvalue weighted by atomic mass is 9.97. The minimum Gasteiger partial charge on any atom is -0.501 e. The van der Waals surface area contributed by atoms with Gasteiger partial charge in [-0.2, -0.15) is 0 Å². The Morgan fingerprint density at radius 3 is 2.27 bits per heavy atom. The van der Waals surface area contributed by atoms with Gasteiger partial charge in [0, 0.05) is 52.0 Å². The second-order valence-corrected chi connectivity index (χ2v) is 18.4. The van der Waals surface area contributed by atoms with Gasteiger partial charge >= 0.3 is 0 Å². The zero-order valence-electron chi connectivity index (χ0n) is 46.6. The molecule has 8 aromatic rings. The van der Waals surface area contributed by atoms with Gasteiger partial charge in [0.25, 0.3) is 0 Å². The summed E-state index contributed by atoms with van der Waals surface area (Å²) in [6, 6.07) is 40.8. The van der Waals surface area contributed by atoms with Gasteiger partial charge in [-0.05, 0) is 156 Å². The van der Waals surface area contributed by atoms with Crippen molar-refractivity contribution in [3.05, 3.63) is 239 Å². The Morgan fingerprint density at radius 1 is 0.727 bits per heavy atom. The van der Waals surface area contributed by atoms with Gasteiger partial charge in [0.15, 0.2) is 5.84 Å². The molecule has 1 aromatic heterocycles. The first-order chi connectivity index (χ1) is 37.9. The molecule has 0 amide bonds. The van der Waals surface area contributed by atoms with Crippen molar-refractivity contribution in [3.63, 3.8) is 0 Å². The maximum absolute atomic E-state index is 9.04. The van der Waals surface area contributed by atoms with Crippen LogP contribution in [0.3, 0.4) is 0 Å². The van der Waals surface area contributed by atoms with Crippen molar-refractivity contribution < 1.29 is 9.47 Å². The maximum atomic E-state index is 9.04. The lowest BCUT2D eigenvalue weighted by molar-refractivity contribution is 0.281. The van der Waals surface area contributed by atoms with Gasteiger partial charge in [-0.15, -0.1) is 0 Å². The minimum absolute atomic E-state index is 0.252. The first-order valence-corrected chi connectivity index (χ1v) is 27.7. The molecule has 0 radical (unpaired) electrons. The van der Waals surface area contributed by atoms with Crippen LogP contribution in [0.5, 0.6) is 5.75 Å². The van der Waals surface area contributed by atoms with Crippen LogP contribution in [0.2, 0.25) is 0 Å². The highest BCUT2D eigenvalue weighted by Gasteiger charge is 2.22. The summed E-state index contributed by atoms with van der Waals surface area (Å²) in [4.78, 5) is 9.82. The molecular formula is C71H76N4O2. The van der Waals surface area contributed by atoms with Crippen molar-refractivity contribution in [2.75, 3.05) is 6.61 Å². The van der Waals surface area contributed by atoms with Gasteiger partial charge in [-0.3, -0.25) is 5.41 Å². The fourth-order valence-electron chi connectivity index (χ4n) is 9.76. The van der Waals surface area contributed by atoms with Crippen LogP contribution in [-0.4, -0.2) is 29.1 Å². The fraction of sp³-hybridized carbons (Fsp3) is 0.225. The molecule has 6 nitrogen and oxygen atoms in total. The Bertz CT molecular complexity index is 3580. The van der Waals surface area contributed by atoms with Gasteiger partial charge in [0.05, 0.1) is 30.2 Å². The number of fused-ring (bicyclic) bond motifs is 4. The molecular weight excluding hydrogens is 941 g/mol. The Kier molecular flexibility index (Phi) is 20.9. The summed E-state index contributed by atoms with van der Waals surface area (Å²) >= 11 is 0. The van der Waals surface area contributed by atoms with Crippen LogP contribution in [0.1, 0.15) is 120 Å². The zero-order valence-corrected chi connectivity index (χ0v) is 46.6. The number of aromatic nitrogens is 1. The first-order valence-electron chi connectivity index (χ1n) is 27.7. The molecule has 2 aliphatic heterocycles. The molecule has 0 fully saturated rings. The van der Waals surface area contributed by atoms with Gasteiger partial charge in [-0.1, -0.05) is 175 Å². The zero-order chi connectivity index (χ0) is 54.5. The van der Waals surface area contributed by atoms with E-state index in [0.717, 1.165) is 81.4 Å². The van der Waals surface area contributed by atoms with Crippen LogP contribution in [0, 0.1) is 12.3 Å². The van der Waals surface area contributed by atoms with E-state index in [4.69, 9.17) is 24.9 Å². The smallest absolute Gasteiger partial charge is 0.161 e. The monoisotopic (exact) mass is 1020 g/mol. The standard InChI is InChI=1S/C49H36N4O.C12H16.C4H6O.3C2H6/c1-31-12-15-39-26-32(13-17-38(39)25-31)28-45(50)52-49(51-30-33-14-16-34-7-3-2-4-8-37(34)27-33)36-18-21-41(22-19-36)53-43-11-5-9-35-20-23-42-47(46(35)43)44(53)29-40-10-6-24-54-48(40)42;1-3-8-11(2)12-9-6-4-5-7-10-12;1-2-4-5-3-1;3*1-2/h3-9,11-27,29-30,50H,2,10,28H2,1H3;3-4,6,8-9H,1,5,7,10H2,2H3;1,3H,2,4H2;3*1-2H3/b;11-8+;;;;. The number of rotatable bonds is 7. The van der Waals surface area contributed by atoms with Crippen molar-refractivity contribution in [2.24, 2.45) is 9.98 Å². The highest BCUT2D eigenvalue weighted by molar-refractivity contribution is 6.25. The molecule has 3 heterocycles. The lowest BCUT2D eigenvalue weighted by Gasteiger charge is -2.16. The summed E-state index contributed by atoms with van der Waals surface area (Å²) < 4.78 is 13.2. The van der Waals surface area contributed by atoms with Crippen LogP contribution >= 0.6 is 0 Å². The topological polar surface area (TPSA) is 72.0 Å². The van der Waals surface area contributed by atoms with E-state index in [1.165, 1.54) is 68.6 Å². The van der Waals surface area contributed by atoms with Crippen LogP contribution in [0.4, 0.5) is 0 Å². The van der Waals surface area contributed by atoms with Gasteiger partial charge in [0.2, 0.25) is 0 Å². The van der Waals surface area contributed by atoms with E-state index in [0.29, 0.717) is 12.3 Å². The van der Waals surface area contributed by atoms with Gasteiger partial charge in [0.1, 0.15) is 11.6 Å².